The number of aliphatic carboxylic acids is 1. The second kappa shape index (κ2) is 16.5. The Balaban J connectivity index is 0.00000462. The van der Waals surface area contributed by atoms with E-state index in [1.54, 1.807) is 18.7 Å². The molecule has 4 rings (SSSR count). The van der Waals surface area contributed by atoms with Crippen LogP contribution in [0.3, 0.4) is 0 Å². The molecule has 4 nitrogen and oxygen atoms in total. The van der Waals surface area contributed by atoms with Gasteiger partial charge in [-0.3, -0.25) is 0 Å². The van der Waals surface area contributed by atoms with Gasteiger partial charge in [0.25, 0.3) is 0 Å². The van der Waals surface area contributed by atoms with Gasteiger partial charge in [-0.15, -0.1) is 0 Å². The second-order valence-corrected chi connectivity index (χ2v) is 11.9. The molecule has 7 heteroatoms. The van der Waals surface area contributed by atoms with Gasteiger partial charge in [0, 0.05) is 33.3 Å². The Morgan fingerprint density at radius 3 is 2.54 bits per heavy atom. The summed E-state index contributed by atoms with van der Waals surface area (Å²) in [6.07, 6.45) is 6.58. The van der Waals surface area contributed by atoms with Gasteiger partial charge in [0.05, 0.1) is 17.3 Å². The number of hydrogen-bond donors (Lipinski definition) is 1. The van der Waals surface area contributed by atoms with Crippen LogP contribution in [0.1, 0.15) is 59.9 Å². The summed E-state index contributed by atoms with van der Waals surface area (Å²) in [6.45, 7) is 3.69. The maximum absolute atomic E-state index is 11.6. The predicted molar refractivity (Wildman–Crippen MR) is 166 cm³/mol. The van der Waals surface area contributed by atoms with Crippen LogP contribution in [0.2, 0.25) is 5.02 Å². The second-order valence-electron chi connectivity index (χ2n) is 10.2. The number of aromatic nitrogens is 1. The summed E-state index contributed by atoms with van der Waals surface area (Å²) in [6, 6.07) is 26.5. The van der Waals surface area contributed by atoms with Crippen LogP contribution in [-0.4, -0.2) is 27.9 Å². The molecule has 0 saturated heterocycles. The monoisotopic (exact) mass is 595 g/mol. The van der Waals surface area contributed by atoms with Crippen LogP contribution >= 0.6 is 23.4 Å². The van der Waals surface area contributed by atoms with Crippen molar-refractivity contribution in [2.24, 2.45) is 5.92 Å². The van der Waals surface area contributed by atoms with Crippen molar-refractivity contribution >= 4 is 52.4 Å². The molecule has 0 bridgehead atoms. The van der Waals surface area contributed by atoms with E-state index in [0.29, 0.717) is 23.6 Å². The summed E-state index contributed by atoms with van der Waals surface area (Å²) in [7, 11) is 0. The number of nitrogens with zero attached hydrogens (tertiary/aromatic N) is 1. The van der Waals surface area contributed by atoms with Gasteiger partial charge >= 0.3 is 29.6 Å². The molecule has 0 aliphatic heterocycles. The number of rotatable bonds is 13. The normalized spacial score (nSPS) is 13.6. The minimum Gasteiger partial charge on any atom is -0.550 e. The van der Waals surface area contributed by atoms with Crippen LogP contribution in [0.15, 0.2) is 78.9 Å². The number of benzene rings is 3. The molecule has 0 amide bonds. The zero-order valence-corrected chi connectivity index (χ0v) is 27.5. The number of carbonyl (C=O) groups is 1. The topological polar surface area (TPSA) is 73.2 Å². The van der Waals surface area contributed by atoms with E-state index in [4.69, 9.17) is 16.6 Å². The molecule has 41 heavy (non-hydrogen) atoms. The predicted octanol–water partition coefficient (Wildman–Crippen LogP) is 4.17. The van der Waals surface area contributed by atoms with Crippen LogP contribution in [-0.2, 0) is 17.6 Å². The number of aryl methyl sites for hydroxylation is 1. The maximum atomic E-state index is 11.6. The Labute approximate surface area is 274 Å². The van der Waals surface area contributed by atoms with Gasteiger partial charge in [0.1, 0.15) is 0 Å². The third-order valence-corrected chi connectivity index (χ3v) is 8.69. The molecule has 0 saturated carbocycles. The number of carbonyl (C=O) groups excluding carboxylic acids is 1. The maximum Gasteiger partial charge on any atom is 1.00 e. The van der Waals surface area contributed by atoms with Crippen LogP contribution in [0.25, 0.3) is 23.1 Å². The van der Waals surface area contributed by atoms with E-state index in [-0.39, 0.29) is 40.9 Å². The van der Waals surface area contributed by atoms with Gasteiger partial charge in [-0.25, -0.2) is 4.98 Å². The average molecular weight is 596 g/mol. The van der Waals surface area contributed by atoms with E-state index in [1.807, 2.05) is 55.5 Å². The molecule has 1 heterocycles. The number of aliphatic hydroxyl groups is 1. The van der Waals surface area contributed by atoms with Crippen LogP contribution < -0.4 is 34.7 Å². The van der Waals surface area contributed by atoms with E-state index >= 15 is 0 Å². The number of thioether (sulfide) groups is 1. The Kier molecular flexibility index (Phi) is 13.4. The first kappa shape index (κ1) is 33.4. The Bertz CT molecular complexity index is 1480. The molecule has 1 N–H and O–H groups in total. The number of hydrogen-bond acceptors (Lipinski definition) is 5. The molecule has 3 unspecified atom stereocenters. The molecule has 0 spiro atoms. The van der Waals surface area contributed by atoms with Crippen molar-refractivity contribution in [1.82, 2.24) is 4.98 Å². The number of aliphatic hydroxyl groups excluding tert-OH is 1. The Morgan fingerprint density at radius 1 is 1.02 bits per heavy atom. The molecule has 3 aromatic carbocycles. The minimum absolute atomic E-state index is 0. The van der Waals surface area contributed by atoms with Gasteiger partial charge in [0.2, 0.25) is 0 Å². The van der Waals surface area contributed by atoms with Gasteiger partial charge in [-0.1, -0.05) is 85.3 Å². The molecule has 3 atom stereocenters. The summed E-state index contributed by atoms with van der Waals surface area (Å²) in [5, 5.41) is 23.2. The molecule has 0 aliphatic rings. The molecule has 4 aromatic rings. The van der Waals surface area contributed by atoms with Gasteiger partial charge in [-0.05, 0) is 79.1 Å². The van der Waals surface area contributed by atoms with E-state index in [2.05, 4.69) is 42.5 Å². The van der Waals surface area contributed by atoms with Crippen LogP contribution in [0.5, 0.6) is 0 Å². The van der Waals surface area contributed by atoms with Crippen molar-refractivity contribution in [3.8, 4) is 0 Å². The summed E-state index contributed by atoms with van der Waals surface area (Å²) >= 11 is 7.83. The molecule has 1 aromatic heterocycles. The smallest absolute Gasteiger partial charge is 0.550 e. The molecule has 0 aliphatic carbocycles. The third kappa shape index (κ3) is 10.3. The van der Waals surface area contributed by atoms with Gasteiger partial charge in [0.15, 0.2) is 0 Å². The van der Waals surface area contributed by atoms with Gasteiger partial charge in [-0.2, -0.15) is 11.8 Å². The fraction of sp³-hybridized carbons (Fsp3) is 0.294. The summed E-state index contributed by atoms with van der Waals surface area (Å²) in [4.78, 5) is 16.3. The van der Waals surface area contributed by atoms with Crippen molar-refractivity contribution in [3.05, 3.63) is 112 Å². The summed E-state index contributed by atoms with van der Waals surface area (Å²) in [5.41, 5.74) is 6.27. The number of pyridine rings is 1. The molecular weight excluding hydrogens is 561 g/mol. The number of carboxylic acid groups (broad SMARTS) is 1. The van der Waals surface area contributed by atoms with Crippen LogP contribution in [0, 0.1) is 5.92 Å². The number of fused-ring (bicyclic) bond motifs is 1. The fourth-order valence-electron chi connectivity index (χ4n) is 4.73. The number of halogens is 1. The quantitative estimate of drug-likeness (QED) is 0.235. The number of carboxylic acids is 1. The third-order valence-electron chi connectivity index (χ3n) is 6.95. The zero-order chi connectivity index (χ0) is 28.5. The van der Waals surface area contributed by atoms with Crippen molar-refractivity contribution < 1.29 is 44.6 Å². The average Bonchev–Trinajstić information content (AvgIpc) is 2.93. The molecular formula is C34H35ClNNaO3S. The van der Waals surface area contributed by atoms with Crippen molar-refractivity contribution in [2.75, 3.05) is 5.75 Å². The SMILES string of the molecule is CCC(CSC(CCc1cccc(CC(C)O)c1)c1cccc(C=Cc2ccc3ccc(Cl)cc3n2)c1)C(=O)[O-].[Na+]. The zero-order valence-electron chi connectivity index (χ0n) is 23.9. The Hall–Kier alpha value is -2.12. The standard InChI is InChI=1S/C34H36ClNO3S.Na/c1-3-27(34(38)39)22-40-33(17-11-24-6-4-8-26(19-24)18-23(2)37)29-9-5-7-25(20-29)10-15-31-16-13-28-12-14-30(35)21-32(28)36-31;/h4-10,12-16,19-21,23,27,33,37H,3,11,17-18,22H2,1-2H3,(H,38,39);/q;+1/p-1. The summed E-state index contributed by atoms with van der Waals surface area (Å²) < 4.78 is 0. The molecule has 208 valence electrons. The van der Waals surface area contributed by atoms with E-state index in [9.17, 15) is 15.0 Å². The first-order chi connectivity index (χ1) is 19.3. The van der Waals surface area contributed by atoms with E-state index < -0.39 is 11.9 Å². The van der Waals surface area contributed by atoms with Crippen molar-refractivity contribution in [3.63, 3.8) is 0 Å². The van der Waals surface area contributed by atoms with E-state index in [0.717, 1.165) is 40.6 Å². The van der Waals surface area contributed by atoms with Crippen LogP contribution in [0.4, 0.5) is 0 Å². The van der Waals surface area contributed by atoms with Crippen molar-refractivity contribution in [2.45, 2.75) is 50.9 Å². The first-order valence-electron chi connectivity index (χ1n) is 13.7. The minimum atomic E-state index is -0.986. The fourth-order valence-corrected chi connectivity index (χ4v) is 6.35. The van der Waals surface area contributed by atoms with Crippen molar-refractivity contribution in [1.29, 1.82) is 0 Å². The molecule has 0 fully saturated rings. The summed E-state index contributed by atoms with van der Waals surface area (Å²) in [5.74, 6) is -0.951. The Morgan fingerprint density at radius 2 is 1.78 bits per heavy atom. The first-order valence-corrected chi connectivity index (χ1v) is 15.2. The molecule has 0 radical (unpaired) electrons. The van der Waals surface area contributed by atoms with E-state index in [1.165, 1.54) is 11.1 Å². The van der Waals surface area contributed by atoms with Gasteiger partial charge < -0.3 is 15.0 Å². The largest absolute Gasteiger partial charge is 1.00 e.